The lowest BCUT2D eigenvalue weighted by molar-refractivity contribution is 0.409. The summed E-state index contributed by atoms with van der Waals surface area (Å²) in [5, 5.41) is 8.58. The van der Waals surface area contributed by atoms with Crippen molar-refractivity contribution in [3.8, 4) is 0 Å². The summed E-state index contributed by atoms with van der Waals surface area (Å²) in [6, 6.07) is 4.19. The average molecular weight is 216 g/mol. The molecule has 1 unspecified atom stereocenters. The molecule has 1 atom stereocenters. The predicted octanol–water partition coefficient (Wildman–Crippen LogP) is 1.46. The molecule has 0 aliphatic carbocycles. The molecule has 1 fully saturated rings. The highest BCUT2D eigenvalue weighted by Gasteiger charge is 2.25. The Kier molecular flexibility index (Phi) is 2.17. The van der Waals surface area contributed by atoms with Gasteiger partial charge in [0.25, 0.3) is 0 Å². The van der Waals surface area contributed by atoms with Gasteiger partial charge in [-0.1, -0.05) is 0 Å². The number of aromatic nitrogens is 3. The van der Waals surface area contributed by atoms with E-state index < -0.39 is 0 Å². The van der Waals surface area contributed by atoms with Crippen LogP contribution in [0.3, 0.4) is 0 Å². The summed E-state index contributed by atoms with van der Waals surface area (Å²) in [5.74, 6) is 1.64. The molecule has 3 heterocycles. The van der Waals surface area contributed by atoms with E-state index in [9.17, 15) is 0 Å². The summed E-state index contributed by atoms with van der Waals surface area (Å²) in [7, 11) is 2.16. The van der Waals surface area contributed by atoms with Gasteiger partial charge < -0.3 is 4.90 Å². The van der Waals surface area contributed by atoms with E-state index in [2.05, 4.69) is 51.8 Å². The summed E-state index contributed by atoms with van der Waals surface area (Å²) < 4.78 is 2.12. The molecule has 2 aromatic rings. The summed E-state index contributed by atoms with van der Waals surface area (Å²) in [6.45, 7) is 4.33. The Hall–Kier alpha value is -1.42. The number of hydrogen-bond acceptors (Lipinski definition) is 3. The summed E-state index contributed by atoms with van der Waals surface area (Å²) in [6.07, 6.45) is 3.27. The number of nitrogens with zero attached hydrogens (tertiary/aromatic N) is 4. The van der Waals surface area contributed by atoms with Crippen molar-refractivity contribution in [2.75, 3.05) is 20.1 Å². The molecule has 4 nitrogen and oxygen atoms in total. The number of rotatable bonds is 1. The molecule has 1 aliphatic heterocycles. The first-order valence-electron chi connectivity index (χ1n) is 5.74. The molecule has 2 aromatic heterocycles. The Balaban J connectivity index is 2.04. The third kappa shape index (κ3) is 1.50. The smallest absolute Gasteiger partial charge is 0.161 e. The van der Waals surface area contributed by atoms with Crippen molar-refractivity contribution in [1.29, 1.82) is 0 Å². The number of aryl methyl sites for hydroxylation is 1. The lowest BCUT2D eigenvalue weighted by atomic mass is 10.1. The van der Waals surface area contributed by atoms with Gasteiger partial charge in [0, 0.05) is 18.7 Å². The Morgan fingerprint density at radius 2 is 2.25 bits per heavy atom. The second-order valence-electron chi connectivity index (χ2n) is 4.74. The zero-order valence-electron chi connectivity index (χ0n) is 9.72. The Morgan fingerprint density at radius 3 is 3.00 bits per heavy atom. The largest absolute Gasteiger partial charge is 0.306 e. The normalized spacial score (nSPS) is 22.0. The summed E-state index contributed by atoms with van der Waals surface area (Å²) >= 11 is 0. The Bertz CT molecular complexity index is 517. The highest BCUT2D eigenvalue weighted by molar-refractivity contribution is 5.41. The van der Waals surface area contributed by atoms with Gasteiger partial charge in [0.15, 0.2) is 5.65 Å². The monoisotopic (exact) mass is 216 g/mol. The Morgan fingerprint density at radius 1 is 1.38 bits per heavy atom. The SMILES string of the molecule is Cc1ccn2c(C3CCN(C)C3)nnc2c1. The molecule has 1 aliphatic rings. The van der Waals surface area contributed by atoms with Crippen molar-refractivity contribution in [3.63, 3.8) is 0 Å². The van der Waals surface area contributed by atoms with Crippen molar-refractivity contribution < 1.29 is 0 Å². The van der Waals surface area contributed by atoms with Gasteiger partial charge in [-0.2, -0.15) is 0 Å². The van der Waals surface area contributed by atoms with Crippen LogP contribution in [0.1, 0.15) is 23.7 Å². The van der Waals surface area contributed by atoms with Gasteiger partial charge in [-0.3, -0.25) is 4.40 Å². The quantitative estimate of drug-likeness (QED) is 0.723. The minimum Gasteiger partial charge on any atom is -0.306 e. The third-order valence-corrected chi connectivity index (χ3v) is 3.35. The van der Waals surface area contributed by atoms with E-state index in [-0.39, 0.29) is 0 Å². The first-order valence-corrected chi connectivity index (χ1v) is 5.74. The van der Waals surface area contributed by atoms with Crippen LogP contribution in [0, 0.1) is 6.92 Å². The van der Waals surface area contributed by atoms with E-state index in [1.807, 2.05) is 0 Å². The Labute approximate surface area is 94.9 Å². The summed E-state index contributed by atoms with van der Waals surface area (Å²) in [5.41, 5.74) is 2.19. The number of hydrogen-bond donors (Lipinski definition) is 0. The number of likely N-dealkylation sites (tertiary alicyclic amines) is 1. The van der Waals surface area contributed by atoms with Crippen LogP contribution in [-0.2, 0) is 0 Å². The molecular weight excluding hydrogens is 200 g/mol. The van der Waals surface area contributed by atoms with Crippen molar-refractivity contribution in [1.82, 2.24) is 19.5 Å². The van der Waals surface area contributed by atoms with Crippen LogP contribution in [0.2, 0.25) is 0 Å². The van der Waals surface area contributed by atoms with Crippen LogP contribution in [-0.4, -0.2) is 39.6 Å². The van der Waals surface area contributed by atoms with Crippen LogP contribution in [0.5, 0.6) is 0 Å². The molecule has 0 aromatic carbocycles. The molecule has 0 amide bonds. The maximum absolute atomic E-state index is 4.34. The predicted molar refractivity (Wildman–Crippen MR) is 62.6 cm³/mol. The second kappa shape index (κ2) is 3.56. The highest BCUT2D eigenvalue weighted by Crippen LogP contribution is 2.25. The van der Waals surface area contributed by atoms with Crippen molar-refractivity contribution in [3.05, 3.63) is 29.7 Å². The molecule has 16 heavy (non-hydrogen) atoms. The maximum Gasteiger partial charge on any atom is 0.161 e. The van der Waals surface area contributed by atoms with E-state index in [1.54, 1.807) is 0 Å². The van der Waals surface area contributed by atoms with Crippen molar-refractivity contribution >= 4 is 5.65 Å². The van der Waals surface area contributed by atoms with Crippen molar-refractivity contribution in [2.24, 2.45) is 0 Å². The van der Waals surface area contributed by atoms with Gasteiger partial charge >= 0.3 is 0 Å². The molecule has 0 radical (unpaired) electrons. The van der Waals surface area contributed by atoms with Gasteiger partial charge in [-0.25, -0.2) is 0 Å². The molecule has 1 saturated heterocycles. The fourth-order valence-electron chi connectivity index (χ4n) is 2.44. The lowest BCUT2D eigenvalue weighted by Gasteiger charge is -2.08. The topological polar surface area (TPSA) is 33.4 Å². The first-order chi connectivity index (χ1) is 7.74. The summed E-state index contributed by atoms with van der Waals surface area (Å²) in [4.78, 5) is 2.35. The minimum atomic E-state index is 0.530. The molecule has 4 heteroatoms. The van der Waals surface area contributed by atoms with Crippen LogP contribution >= 0.6 is 0 Å². The third-order valence-electron chi connectivity index (χ3n) is 3.35. The van der Waals surface area contributed by atoms with E-state index in [0.717, 1.165) is 24.6 Å². The van der Waals surface area contributed by atoms with E-state index in [1.165, 1.54) is 12.0 Å². The van der Waals surface area contributed by atoms with Crippen molar-refractivity contribution in [2.45, 2.75) is 19.3 Å². The molecule has 3 rings (SSSR count). The van der Waals surface area contributed by atoms with Gasteiger partial charge in [-0.15, -0.1) is 10.2 Å². The van der Waals surface area contributed by atoms with E-state index in [0.29, 0.717) is 5.92 Å². The van der Waals surface area contributed by atoms with Gasteiger partial charge in [-0.05, 0) is 44.6 Å². The number of likely N-dealkylation sites (N-methyl/N-ethyl adjacent to an activating group) is 1. The molecular formula is C12H16N4. The van der Waals surface area contributed by atoms with E-state index in [4.69, 9.17) is 0 Å². The van der Waals surface area contributed by atoms with E-state index >= 15 is 0 Å². The van der Waals surface area contributed by atoms with Gasteiger partial charge in [0.05, 0.1) is 0 Å². The van der Waals surface area contributed by atoms with Crippen LogP contribution in [0.25, 0.3) is 5.65 Å². The van der Waals surface area contributed by atoms with Crippen LogP contribution < -0.4 is 0 Å². The minimum absolute atomic E-state index is 0.530. The fraction of sp³-hybridized carbons (Fsp3) is 0.500. The first kappa shape index (κ1) is 9.78. The van der Waals surface area contributed by atoms with Gasteiger partial charge in [0.2, 0.25) is 0 Å². The molecule has 0 bridgehead atoms. The van der Waals surface area contributed by atoms with Crippen LogP contribution in [0.15, 0.2) is 18.3 Å². The standard InChI is InChI=1S/C12H16N4/c1-9-3-6-16-11(7-9)13-14-12(16)10-4-5-15(2)8-10/h3,6-7,10H,4-5,8H2,1-2H3. The average Bonchev–Trinajstić information content (AvgIpc) is 2.83. The molecule has 0 spiro atoms. The number of pyridine rings is 1. The second-order valence-corrected chi connectivity index (χ2v) is 4.74. The number of fused-ring (bicyclic) bond motifs is 1. The van der Waals surface area contributed by atoms with Crippen LogP contribution in [0.4, 0.5) is 0 Å². The zero-order chi connectivity index (χ0) is 11.1. The molecule has 84 valence electrons. The molecule has 0 N–H and O–H groups in total. The maximum atomic E-state index is 4.34. The zero-order valence-corrected chi connectivity index (χ0v) is 9.72. The highest BCUT2D eigenvalue weighted by atomic mass is 15.3. The molecule has 0 saturated carbocycles. The fourth-order valence-corrected chi connectivity index (χ4v) is 2.44. The lowest BCUT2D eigenvalue weighted by Crippen LogP contribution is -2.14. The van der Waals surface area contributed by atoms with Gasteiger partial charge in [0.1, 0.15) is 5.82 Å².